The molecule has 0 radical (unpaired) electrons. The average molecular weight is 241 g/mol. The number of amides is 1. The van der Waals surface area contributed by atoms with Crippen LogP contribution in [0.4, 0.5) is 0 Å². The van der Waals surface area contributed by atoms with Crippen LogP contribution in [-0.2, 0) is 20.8 Å². The van der Waals surface area contributed by atoms with Gasteiger partial charge in [0.25, 0.3) is 0 Å². The minimum absolute atomic E-state index is 0.0369. The number of rotatable bonds is 8. The summed E-state index contributed by atoms with van der Waals surface area (Å²) in [5, 5.41) is 0. The van der Waals surface area contributed by atoms with E-state index in [0.717, 1.165) is 5.56 Å². The first-order valence-corrected chi connectivity index (χ1v) is 5.63. The SMILES string of the molecule is CCOCC(=O)N(CCOC)Cc1ccoc1. The lowest BCUT2D eigenvalue weighted by Gasteiger charge is -2.21. The van der Waals surface area contributed by atoms with Gasteiger partial charge in [-0.1, -0.05) is 0 Å². The van der Waals surface area contributed by atoms with Gasteiger partial charge in [-0.05, 0) is 13.0 Å². The third-order valence-electron chi connectivity index (χ3n) is 2.30. The summed E-state index contributed by atoms with van der Waals surface area (Å²) < 4.78 is 15.1. The van der Waals surface area contributed by atoms with E-state index in [9.17, 15) is 4.79 Å². The van der Waals surface area contributed by atoms with E-state index >= 15 is 0 Å². The largest absolute Gasteiger partial charge is 0.472 e. The summed E-state index contributed by atoms with van der Waals surface area (Å²) in [6.45, 7) is 4.09. The standard InChI is InChI=1S/C12H19NO4/c1-3-16-10-12(14)13(5-7-15-2)8-11-4-6-17-9-11/h4,6,9H,3,5,7-8,10H2,1-2H3. The monoisotopic (exact) mass is 241 g/mol. The van der Waals surface area contributed by atoms with Crippen LogP contribution in [0, 0.1) is 0 Å². The molecule has 0 fully saturated rings. The molecule has 0 unspecified atom stereocenters. The van der Waals surface area contributed by atoms with E-state index in [4.69, 9.17) is 13.9 Å². The smallest absolute Gasteiger partial charge is 0.248 e. The second kappa shape index (κ2) is 7.86. The summed E-state index contributed by atoms with van der Waals surface area (Å²) in [6, 6.07) is 1.84. The highest BCUT2D eigenvalue weighted by Crippen LogP contribution is 2.05. The number of hydrogen-bond donors (Lipinski definition) is 0. The van der Waals surface area contributed by atoms with E-state index in [1.54, 1.807) is 24.5 Å². The molecule has 0 aliphatic rings. The van der Waals surface area contributed by atoms with E-state index < -0.39 is 0 Å². The van der Waals surface area contributed by atoms with E-state index in [2.05, 4.69) is 0 Å². The van der Waals surface area contributed by atoms with E-state index in [0.29, 0.717) is 26.3 Å². The Labute approximate surface area is 101 Å². The first kappa shape index (κ1) is 13.7. The van der Waals surface area contributed by atoms with Crippen LogP contribution in [0.3, 0.4) is 0 Å². The maximum absolute atomic E-state index is 11.8. The lowest BCUT2D eigenvalue weighted by Crippen LogP contribution is -2.36. The molecule has 0 saturated heterocycles. The highest BCUT2D eigenvalue weighted by Gasteiger charge is 2.14. The van der Waals surface area contributed by atoms with Gasteiger partial charge in [0.1, 0.15) is 6.61 Å². The zero-order valence-electron chi connectivity index (χ0n) is 10.3. The molecule has 1 rings (SSSR count). The molecular formula is C12H19NO4. The van der Waals surface area contributed by atoms with Crippen molar-refractivity contribution in [3.05, 3.63) is 24.2 Å². The van der Waals surface area contributed by atoms with Gasteiger partial charge in [-0.15, -0.1) is 0 Å². The molecule has 1 heterocycles. The molecule has 17 heavy (non-hydrogen) atoms. The Morgan fingerprint density at radius 3 is 2.94 bits per heavy atom. The number of ether oxygens (including phenoxy) is 2. The van der Waals surface area contributed by atoms with E-state index in [1.807, 2.05) is 13.0 Å². The molecule has 5 heteroatoms. The first-order valence-electron chi connectivity index (χ1n) is 5.63. The predicted octanol–water partition coefficient (Wildman–Crippen LogP) is 1.29. The van der Waals surface area contributed by atoms with Crippen LogP contribution in [-0.4, -0.2) is 44.3 Å². The molecule has 0 aliphatic carbocycles. The third kappa shape index (κ3) is 5.01. The topological polar surface area (TPSA) is 51.9 Å². The Morgan fingerprint density at radius 2 is 2.35 bits per heavy atom. The molecule has 0 bridgehead atoms. The second-order valence-electron chi connectivity index (χ2n) is 3.58. The number of nitrogens with zero attached hydrogens (tertiary/aromatic N) is 1. The number of carbonyl (C=O) groups excluding carboxylic acids is 1. The number of furan rings is 1. The van der Waals surface area contributed by atoms with Crippen molar-refractivity contribution in [2.45, 2.75) is 13.5 Å². The van der Waals surface area contributed by atoms with Gasteiger partial charge in [-0.25, -0.2) is 0 Å². The van der Waals surface area contributed by atoms with Crippen molar-refractivity contribution in [1.29, 1.82) is 0 Å². The first-order chi connectivity index (χ1) is 8.27. The predicted molar refractivity (Wildman–Crippen MR) is 62.5 cm³/mol. The molecule has 96 valence electrons. The Hall–Kier alpha value is -1.33. The summed E-state index contributed by atoms with van der Waals surface area (Å²) in [7, 11) is 1.61. The molecule has 1 aromatic rings. The fraction of sp³-hybridized carbons (Fsp3) is 0.583. The summed E-state index contributed by atoms with van der Waals surface area (Å²) in [5.74, 6) is -0.0369. The van der Waals surface area contributed by atoms with Gasteiger partial charge in [0.15, 0.2) is 0 Å². The zero-order chi connectivity index (χ0) is 12.5. The van der Waals surface area contributed by atoms with Gasteiger partial charge in [0, 0.05) is 32.4 Å². The van der Waals surface area contributed by atoms with Gasteiger partial charge in [-0.2, -0.15) is 0 Å². The van der Waals surface area contributed by atoms with Crippen molar-refractivity contribution in [2.75, 3.05) is 33.5 Å². The zero-order valence-corrected chi connectivity index (χ0v) is 10.3. The number of methoxy groups -OCH3 is 1. The lowest BCUT2D eigenvalue weighted by atomic mass is 10.3. The fourth-order valence-electron chi connectivity index (χ4n) is 1.38. The van der Waals surface area contributed by atoms with Gasteiger partial charge < -0.3 is 18.8 Å². The van der Waals surface area contributed by atoms with E-state index in [-0.39, 0.29) is 12.5 Å². The molecule has 1 aromatic heterocycles. The van der Waals surface area contributed by atoms with Crippen molar-refractivity contribution in [3.8, 4) is 0 Å². The second-order valence-corrected chi connectivity index (χ2v) is 3.58. The molecular weight excluding hydrogens is 222 g/mol. The third-order valence-corrected chi connectivity index (χ3v) is 2.30. The summed E-state index contributed by atoms with van der Waals surface area (Å²) in [4.78, 5) is 13.5. The molecule has 1 amide bonds. The lowest BCUT2D eigenvalue weighted by molar-refractivity contribution is -0.137. The van der Waals surface area contributed by atoms with Crippen LogP contribution in [0.2, 0.25) is 0 Å². The summed E-state index contributed by atoms with van der Waals surface area (Å²) in [5.41, 5.74) is 0.964. The Balaban J connectivity index is 2.50. The van der Waals surface area contributed by atoms with Gasteiger partial charge in [0.05, 0.1) is 19.1 Å². The maximum Gasteiger partial charge on any atom is 0.248 e. The number of hydrogen-bond acceptors (Lipinski definition) is 4. The van der Waals surface area contributed by atoms with Gasteiger partial charge in [0.2, 0.25) is 5.91 Å². The Kier molecular flexibility index (Phi) is 6.35. The van der Waals surface area contributed by atoms with Crippen molar-refractivity contribution in [2.24, 2.45) is 0 Å². The van der Waals surface area contributed by atoms with Crippen molar-refractivity contribution < 1.29 is 18.7 Å². The van der Waals surface area contributed by atoms with E-state index in [1.165, 1.54) is 0 Å². The molecule has 0 saturated carbocycles. The summed E-state index contributed by atoms with van der Waals surface area (Å²) in [6.07, 6.45) is 3.23. The fourth-order valence-corrected chi connectivity index (χ4v) is 1.38. The van der Waals surface area contributed by atoms with Crippen molar-refractivity contribution >= 4 is 5.91 Å². The minimum Gasteiger partial charge on any atom is -0.472 e. The van der Waals surface area contributed by atoms with Crippen LogP contribution in [0.15, 0.2) is 23.0 Å². The van der Waals surface area contributed by atoms with Crippen LogP contribution < -0.4 is 0 Å². The van der Waals surface area contributed by atoms with Crippen molar-refractivity contribution in [3.63, 3.8) is 0 Å². The molecule has 0 aromatic carbocycles. The average Bonchev–Trinajstić information content (AvgIpc) is 2.84. The van der Waals surface area contributed by atoms with Gasteiger partial charge in [-0.3, -0.25) is 4.79 Å². The van der Waals surface area contributed by atoms with Crippen LogP contribution >= 0.6 is 0 Å². The quantitative estimate of drug-likeness (QED) is 0.688. The Morgan fingerprint density at radius 1 is 1.53 bits per heavy atom. The van der Waals surface area contributed by atoms with Crippen LogP contribution in [0.5, 0.6) is 0 Å². The molecule has 5 nitrogen and oxygen atoms in total. The minimum atomic E-state index is -0.0369. The molecule has 0 atom stereocenters. The number of carbonyl (C=O) groups is 1. The van der Waals surface area contributed by atoms with Gasteiger partial charge >= 0.3 is 0 Å². The molecule has 0 spiro atoms. The maximum atomic E-state index is 11.8. The molecule has 0 N–H and O–H groups in total. The van der Waals surface area contributed by atoms with Crippen molar-refractivity contribution in [1.82, 2.24) is 4.90 Å². The van der Waals surface area contributed by atoms with Crippen LogP contribution in [0.25, 0.3) is 0 Å². The Bertz CT molecular complexity index is 310. The highest BCUT2D eigenvalue weighted by atomic mass is 16.5. The normalized spacial score (nSPS) is 10.5. The highest BCUT2D eigenvalue weighted by molar-refractivity contribution is 5.77. The van der Waals surface area contributed by atoms with Crippen LogP contribution in [0.1, 0.15) is 12.5 Å². The molecule has 0 aliphatic heterocycles. The summed E-state index contributed by atoms with van der Waals surface area (Å²) >= 11 is 0.